The topological polar surface area (TPSA) is 54.9 Å². The van der Waals surface area contributed by atoms with Crippen LogP contribution in [0, 0.1) is 16.7 Å². The average Bonchev–Trinajstić information content (AvgIpc) is 2.87. The molecule has 2 bridgehead atoms. The molecule has 0 aliphatic heterocycles. The molecule has 23 heavy (non-hydrogen) atoms. The summed E-state index contributed by atoms with van der Waals surface area (Å²) in [6.45, 7) is 7.04. The third-order valence-corrected chi connectivity index (χ3v) is 6.78. The Morgan fingerprint density at radius 3 is 2.61 bits per heavy atom. The van der Waals surface area contributed by atoms with E-state index in [0.717, 1.165) is 17.5 Å². The fraction of sp³-hybridized carbons (Fsp3) is 0.526. The van der Waals surface area contributed by atoms with Gasteiger partial charge in [0.05, 0.1) is 17.2 Å². The highest BCUT2D eigenvalue weighted by atomic mass is 16.2. The Morgan fingerprint density at radius 1 is 1.22 bits per heavy atom. The first-order chi connectivity index (χ1) is 10.9. The zero-order valence-corrected chi connectivity index (χ0v) is 14.0. The Morgan fingerprint density at radius 2 is 1.96 bits per heavy atom. The molecule has 1 amide bonds. The van der Waals surface area contributed by atoms with E-state index in [4.69, 9.17) is 0 Å². The number of benzene rings is 1. The molecule has 1 heterocycles. The van der Waals surface area contributed by atoms with Gasteiger partial charge in [0.1, 0.15) is 5.69 Å². The molecule has 3 unspecified atom stereocenters. The minimum Gasteiger partial charge on any atom is -0.347 e. The number of carbonyl (C=O) groups is 1. The van der Waals surface area contributed by atoms with Crippen LogP contribution in [0.3, 0.4) is 0 Å². The summed E-state index contributed by atoms with van der Waals surface area (Å²) in [6.07, 6.45) is 5.14. The first-order valence-electron chi connectivity index (χ1n) is 8.44. The molecule has 120 valence electrons. The van der Waals surface area contributed by atoms with Crippen LogP contribution < -0.4 is 5.32 Å². The molecular formula is C19H23N3O. The van der Waals surface area contributed by atoms with E-state index >= 15 is 0 Å². The molecule has 4 rings (SSSR count). The van der Waals surface area contributed by atoms with Gasteiger partial charge in [0, 0.05) is 6.04 Å². The van der Waals surface area contributed by atoms with E-state index < -0.39 is 0 Å². The van der Waals surface area contributed by atoms with E-state index in [1.54, 1.807) is 6.20 Å². The van der Waals surface area contributed by atoms with Crippen molar-refractivity contribution in [3.63, 3.8) is 0 Å². The van der Waals surface area contributed by atoms with E-state index in [0.29, 0.717) is 17.0 Å². The van der Waals surface area contributed by atoms with Gasteiger partial charge in [-0.25, -0.2) is 4.98 Å². The highest BCUT2D eigenvalue weighted by molar-refractivity contribution is 5.94. The summed E-state index contributed by atoms with van der Waals surface area (Å²) >= 11 is 0. The zero-order valence-electron chi connectivity index (χ0n) is 14.0. The van der Waals surface area contributed by atoms with Gasteiger partial charge in [0.2, 0.25) is 0 Å². The van der Waals surface area contributed by atoms with E-state index in [-0.39, 0.29) is 17.4 Å². The van der Waals surface area contributed by atoms with Crippen molar-refractivity contribution < 1.29 is 4.79 Å². The summed E-state index contributed by atoms with van der Waals surface area (Å²) in [5, 5.41) is 3.25. The summed E-state index contributed by atoms with van der Waals surface area (Å²) < 4.78 is 0. The fourth-order valence-electron chi connectivity index (χ4n) is 4.72. The first-order valence-corrected chi connectivity index (χ1v) is 8.44. The lowest BCUT2D eigenvalue weighted by molar-refractivity contribution is 0.0821. The third kappa shape index (κ3) is 2.00. The second-order valence-corrected chi connectivity index (χ2v) is 7.88. The quantitative estimate of drug-likeness (QED) is 0.922. The normalized spacial score (nSPS) is 31.4. The summed E-state index contributed by atoms with van der Waals surface area (Å²) in [4.78, 5) is 21.5. The smallest absolute Gasteiger partial charge is 0.271 e. The number of para-hydroxylation sites is 2. The molecule has 0 radical (unpaired) electrons. The number of hydrogen-bond donors (Lipinski definition) is 1. The van der Waals surface area contributed by atoms with Gasteiger partial charge in [-0.15, -0.1) is 0 Å². The van der Waals surface area contributed by atoms with Gasteiger partial charge in [-0.2, -0.15) is 0 Å². The lowest BCUT2D eigenvalue weighted by Gasteiger charge is -2.39. The van der Waals surface area contributed by atoms with E-state index in [2.05, 4.69) is 36.1 Å². The molecule has 0 saturated heterocycles. The van der Waals surface area contributed by atoms with Crippen molar-refractivity contribution in [2.45, 2.75) is 46.1 Å². The molecule has 1 N–H and O–H groups in total. The Hall–Kier alpha value is -1.97. The van der Waals surface area contributed by atoms with Gasteiger partial charge >= 0.3 is 0 Å². The molecule has 2 aromatic rings. The van der Waals surface area contributed by atoms with E-state index in [1.165, 1.54) is 12.8 Å². The van der Waals surface area contributed by atoms with Crippen LogP contribution in [0.5, 0.6) is 0 Å². The van der Waals surface area contributed by atoms with Crippen LogP contribution in [0.25, 0.3) is 11.0 Å². The molecule has 0 spiro atoms. The third-order valence-electron chi connectivity index (χ3n) is 6.78. The van der Waals surface area contributed by atoms with Crippen molar-refractivity contribution in [3.05, 3.63) is 36.2 Å². The van der Waals surface area contributed by atoms with Gasteiger partial charge in [-0.1, -0.05) is 32.9 Å². The molecular weight excluding hydrogens is 286 g/mol. The van der Waals surface area contributed by atoms with Crippen LogP contribution in [0.2, 0.25) is 0 Å². The van der Waals surface area contributed by atoms with Gasteiger partial charge in [0.25, 0.3) is 5.91 Å². The number of aromatic nitrogens is 2. The Kier molecular flexibility index (Phi) is 3.03. The maximum absolute atomic E-state index is 12.7. The highest BCUT2D eigenvalue weighted by Gasteiger charge is 2.61. The molecule has 1 aromatic heterocycles. The van der Waals surface area contributed by atoms with E-state index in [1.807, 2.05) is 24.3 Å². The minimum absolute atomic E-state index is 0.0992. The van der Waals surface area contributed by atoms with Crippen LogP contribution >= 0.6 is 0 Å². The maximum Gasteiger partial charge on any atom is 0.271 e. The minimum atomic E-state index is -0.0992. The molecule has 4 nitrogen and oxygen atoms in total. The summed E-state index contributed by atoms with van der Waals surface area (Å²) in [5.74, 6) is 0.610. The number of amides is 1. The second-order valence-electron chi connectivity index (χ2n) is 7.88. The maximum atomic E-state index is 12.7. The van der Waals surface area contributed by atoms with Gasteiger partial charge in [-0.3, -0.25) is 9.78 Å². The summed E-state index contributed by atoms with van der Waals surface area (Å²) in [5.41, 5.74) is 2.46. The molecule has 1 aromatic carbocycles. The molecule has 2 fully saturated rings. The van der Waals surface area contributed by atoms with Crippen LogP contribution in [0.15, 0.2) is 30.5 Å². The van der Waals surface area contributed by atoms with Crippen molar-refractivity contribution >= 4 is 16.9 Å². The zero-order chi connectivity index (χ0) is 16.2. The van der Waals surface area contributed by atoms with E-state index in [9.17, 15) is 4.79 Å². The molecule has 4 heteroatoms. The fourth-order valence-corrected chi connectivity index (χ4v) is 4.72. The van der Waals surface area contributed by atoms with Crippen molar-refractivity contribution in [1.29, 1.82) is 0 Å². The number of nitrogens with one attached hydrogen (secondary N) is 1. The summed E-state index contributed by atoms with van der Waals surface area (Å²) in [7, 11) is 0. The SMILES string of the molecule is CC1(C)C2CCC1(C)C(NC(=O)c1cnc3ccccc3n1)C2. The lowest BCUT2D eigenvalue weighted by Crippen LogP contribution is -2.47. The standard InChI is InChI=1S/C19H23N3O/c1-18(2)12-8-9-19(18,3)16(10-12)22-17(23)15-11-20-13-6-4-5-7-14(13)21-15/h4-7,11-12,16H,8-10H2,1-3H3,(H,22,23). The Labute approximate surface area is 136 Å². The average molecular weight is 309 g/mol. The predicted octanol–water partition coefficient (Wildman–Crippen LogP) is 3.57. The second kappa shape index (κ2) is 4.76. The van der Waals surface area contributed by atoms with Gasteiger partial charge in [0.15, 0.2) is 0 Å². The van der Waals surface area contributed by atoms with Crippen molar-refractivity contribution in [2.24, 2.45) is 16.7 Å². The molecule has 2 aliphatic rings. The molecule has 3 atom stereocenters. The van der Waals surface area contributed by atoms with Crippen molar-refractivity contribution in [1.82, 2.24) is 15.3 Å². The van der Waals surface area contributed by atoms with Gasteiger partial charge in [-0.05, 0) is 48.1 Å². The van der Waals surface area contributed by atoms with Crippen molar-refractivity contribution in [2.75, 3.05) is 0 Å². The Balaban J connectivity index is 1.58. The first kappa shape index (κ1) is 14.6. The number of hydrogen-bond acceptors (Lipinski definition) is 3. The molecule has 2 saturated carbocycles. The monoisotopic (exact) mass is 309 g/mol. The highest BCUT2D eigenvalue weighted by Crippen LogP contribution is 2.65. The van der Waals surface area contributed by atoms with Crippen LogP contribution in [-0.4, -0.2) is 21.9 Å². The number of rotatable bonds is 2. The lowest BCUT2D eigenvalue weighted by atomic mass is 9.69. The largest absolute Gasteiger partial charge is 0.347 e. The molecule has 2 aliphatic carbocycles. The van der Waals surface area contributed by atoms with Crippen LogP contribution in [-0.2, 0) is 0 Å². The predicted molar refractivity (Wildman–Crippen MR) is 90.0 cm³/mol. The van der Waals surface area contributed by atoms with Crippen molar-refractivity contribution in [3.8, 4) is 0 Å². The number of fused-ring (bicyclic) bond motifs is 3. The number of carbonyl (C=O) groups excluding carboxylic acids is 1. The Bertz CT molecular complexity index is 785. The summed E-state index contributed by atoms with van der Waals surface area (Å²) in [6, 6.07) is 7.87. The van der Waals surface area contributed by atoms with Gasteiger partial charge < -0.3 is 5.32 Å². The number of nitrogens with zero attached hydrogens (tertiary/aromatic N) is 2. The van der Waals surface area contributed by atoms with Crippen LogP contribution in [0.4, 0.5) is 0 Å². The van der Waals surface area contributed by atoms with Crippen LogP contribution in [0.1, 0.15) is 50.5 Å².